The molecule has 1 aromatic carbocycles. The van der Waals surface area contributed by atoms with Crippen LogP contribution in [-0.4, -0.2) is 50.6 Å². The monoisotopic (exact) mass is 321 g/mol. The molecule has 2 rings (SSSR count). The topological polar surface area (TPSA) is 35.6 Å². The lowest BCUT2D eigenvalue weighted by Crippen LogP contribution is -2.50. The Morgan fingerprint density at radius 1 is 1.35 bits per heavy atom. The molecule has 1 heterocycles. The van der Waals surface area contributed by atoms with Crippen molar-refractivity contribution in [1.29, 1.82) is 0 Å². The van der Waals surface area contributed by atoms with Gasteiger partial charge in [0.15, 0.2) is 0 Å². The number of carbonyl (C=O) groups excluding carboxylic acids is 1. The standard InChI is InChI=1S/C13H17ClFN3O.ClH/c1-16-9-13(19)18-6-4-17(5-7-18)12-3-2-10(15)8-11(12)14;/h2-3,8,16H,4-7,9H2,1H3;1H. The summed E-state index contributed by atoms with van der Waals surface area (Å²) in [5.41, 5.74) is 0.823. The average molecular weight is 322 g/mol. The fraction of sp³-hybridized carbons (Fsp3) is 0.462. The zero-order valence-corrected chi connectivity index (χ0v) is 12.8. The lowest BCUT2D eigenvalue weighted by molar-refractivity contribution is -0.130. The second-order valence-electron chi connectivity index (χ2n) is 4.49. The summed E-state index contributed by atoms with van der Waals surface area (Å²) in [7, 11) is 1.76. The highest BCUT2D eigenvalue weighted by molar-refractivity contribution is 6.33. The lowest BCUT2D eigenvalue weighted by Gasteiger charge is -2.36. The quantitative estimate of drug-likeness (QED) is 0.921. The molecule has 0 aliphatic carbocycles. The molecule has 1 aliphatic heterocycles. The Balaban J connectivity index is 0.00000200. The summed E-state index contributed by atoms with van der Waals surface area (Å²) in [6, 6.07) is 4.40. The number of anilines is 1. The number of hydrogen-bond acceptors (Lipinski definition) is 3. The van der Waals surface area contributed by atoms with Crippen molar-refractivity contribution in [3.63, 3.8) is 0 Å². The summed E-state index contributed by atoms with van der Waals surface area (Å²) in [5, 5.41) is 3.27. The predicted octanol–water partition coefficient (Wildman–Crippen LogP) is 1.77. The van der Waals surface area contributed by atoms with Crippen molar-refractivity contribution in [2.24, 2.45) is 0 Å². The van der Waals surface area contributed by atoms with E-state index in [0.717, 1.165) is 5.69 Å². The van der Waals surface area contributed by atoms with Crippen LogP contribution >= 0.6 is 24.0 Å². The summed E-state index contributed by atoms with van der Waals surface area (Å²) in [4.78, 5) is 15.6. The SMILES string of the molecule is CNCC(=O)N1CCN(c2ccc(F)cc2Cl)CC1.Cl. The molecule has 1 fully saturated rings. The fourth-order valence-corrected chi connectivity index (χ4v) is 2.48. The van der Waals surface area contributed by atoms with Crippen LogP contribution in [0.1, 0.15) is 0 Å². The molecule has 0 bridgehead atoms. The van der Waals surface area contributed by atoms with Crippen molar-refractivity contribution >= 4 is 35.6 Å². The molecule has 1 saturated heterocycles. The highest BCUT2D eigenvalue weighted by Gasteiger charge is 2.21. The van der Waals surface area contributed by atoms with Gasteiger partial charge in [-0.05, 0) is 25.2 Å². The van der Waals surface area contributed by atoms with E-state index in [0.29, 0.717) is 37.7 Å². The molecule has 1 aliphatic rings. The Morgan fingerprint density at radius 3 is 2.55 bits per heavy atom. The first-order valence-electron chi connectivity index (χ1n) is 6.24. The normalized spacial score (nSPS) is 14.9. The van der Waals surface area contributed by atoms with Crippen molar-refractivity contribution in [2.45, 2.75) is 0 Å². The molecule has 7 heteroatoms. The molecule has 1 N–H and O–H groups in total. The van der Waals surface area contributed by atoms with Crippen molar-refractivity contribution in [2.75, 3.05) is 44.7 Å². The molecular formula is C13H18Cl2FN3O. The van der Waals surface area contributed by atoms with Gasteiger partial charge in [0.05, 0.1) is 17.3 Å². The first kappa shape index (κ1) is 17.0. The van der Waals surface area contributed by atoms with E-state index >= 15 is 0 Å². The zero-order chi connectivity index (χ0) is 13.8. The van der Waals surface area contributed by atoms with Crippen molar-refractivity contribution in [3.8, 4) is 0 Å². The molecule has 1 aromatic rings. The van der Waals surface area contributed by atoms with Gasteiger partial charge in [-0.25, -0.2) is 4.39 Å². The van der Waals surface area contributed by atoms with Crippen LogP contribution in [0.2, 0.25) is 5.02 Å². The Morgan fingerprint density at radius 2 is 2.00 bits per heavy atom. The van der Waals surface area contributed by atoms with E-state index in [2.05, 4.69) is 10.2 Å². The smallest absolute Gasteiger partial charge is 0.236 e. The molecule has 0 atom stereocenters. The second kappa shape index (κ2) is 7.67. The van der Waals surface area contributed by atoms with Gasteiger partial charge in [0, 0.05) is 26.2 Å². The fourth-order valence-electron chi connectivity index (χ4n) is 2.20. The van der Waals surface area contributed by atoms with Crippen molar-refractivity contribution in [1.82, 2.24) is 10.2 Å². The number of amides is 1. The molecule has 112 valence electrons. The number of piperazine rings is 1. The Kier molecular flexibility index (Phi) is 6.52. The van der Waals surface area contributed by atoms with Gasteiger partial charge in [0.1, 0.15) is 5.82 Å². The first-order valence-corrected chi connectivity index (χ1v) is 6.62. The third kappa shape index (κ3) is 3.98. The van der Waals surface area contributed by atoms with Crippen LogP contribution in [0, 0.1) is 5.82 Å². The van der Waals surface area contributed by atoms with E-state index in [1.54, 1.807) is 13.1 Å². The van der Waals surface area contributed by atoms with E-state index < -0.39 is 0 Å². The molecule has 4 nitrogen and oxygen atoms in total. The predicted molar refractivity (Wildman–Crippen MR) is 81.4 cm³/mol. The van der Waals surface area contributed by atoms with Gasteiger partial charge in [-0.1, -0.05) is 11.6 Å². The Labute approximate surface area is 129 Å². The molecule has 1 amide bonds. The maximum atomic E-state index is 13.0. The maximum Gasteiger partial charge on any atom is 0.236 e. The molecule has 0 radical (unpaired) electrons. The van der Waals surface area contributed by atoms with E-state index in [-0.39, 0.29) is 24.1 Å². The summed E-state index contributed by atoms with van der Waals surface area (Å²) in [5.74, 6) is -0.232. The molecule has 0 spiro atoms. The minimum atomic E-state index is -0.336. The number of benzene rings is 1. The first-order chi connectivity index (χ1) is 9.11. The third-order valence-corrected chi connectivity index (χ3v) is 3.51. The second-order valence-corrected chi connectivity index (χ2v) is 4.90. The van der Waals surface area contributed by atoms with Crippen LogP contribution in [0.5, 0.6) is 0 Å². The summed E-state index contributed by atoms with van der Waals surface area (Å²) in [6.07, 6.45) is 0. The maximum absolute atomic E-state index is 13.0. The van der Waals surface area contributed by atoms with E-state index in [9.17, 15) is 9.18 Å². The van der Waals surface area contributed by atoms with Crippen LogP contribution in [0.3, 0.4) is 0 Å². The van der Waals surface area contributed by atoms with E-state index in [4.69, 9.17) is 11.6 Å². The average Bonchev–Trinajstić information content (AvgIpc) is 2.39. The van der Waals surface area contributed by atoms with Crippen LogP contribution in [0.4, 0.5) is 10.1 Å². The number of halogens is 3. The largest absolute Gasteiger partial charge is 0.367 e. The minimum Gasteiger partial charge on any atom is -0.367 e. The number of nitrogens with one attached hydrogen (secondary N) is 1. The molecule has 20 heavy (non-hydrogen) atoms. The molecular weight excluding hydrogens is 304 g/mol. The summed E-state index contributed by atoms with van der Waals surface area (Å²) < 4.78 is 13.0. The minimum absolute atomic E-state index is 0. The van der Waals surface area contributed by atoms with Crippen molar-refractivity contribution < 1.29 is 9.18 Å². The molecule has 0 unspecified atom stereocenters. The number of hydrogen-bond donors (Lipinski definition) is 1. The summed E-state index contributed by atoms with van der Waals surface area (Å²) in [6.45, 7) is 3.10. The van der Waals surface area contributed by atoms with Crippen LogP contribution in [-0.2, 0) is 4.79 Å². The lowest BCUT2D eigenvalue weighted by atomic mass is 10.2. The van der Waals surface area contributed by atoms with Crippen LogP contribution < -0.4 is 10.2 Å². The molecule has 0 saturated carbocycles. The third-order valence-electron chi connectivity index (χ3n) is 3.21. The van der Waals surface area contributed by atoms with Crippen LogP contribution in [0.15, 0.2) is 18.2 Å². The highest BCUT2D eigenvalue weighted by atomic mass is 35.5. The molecule has 0 aromatic heterocycles. The number of nitrogens with zero attached hydrogens (tertiary/aromatic N) is 2. The van der Waals surface area contributed by atoms with Gasteiger partial charge in [0.2, 0.25) is 5.91 Å². The van der Waals surface area contributed by atoms with Crippen molar-refractivity contribution in [3.05, 3.63) is 29.0 Å². The van der Waals surface area contributed by atoms with Gasteiger partial charge in [0.25, 0.3) is 0 Å². The zero-order valence-electron chi connectivity index (χ0n) is 11.2. The van der Waals surface area contributed by atoms with Crippen LogP contribution in [0.25, 0.3) is 0 Å². The van der Waals surface area contributed by atoms with Gasteiger partial charge < -0.3 is 15.1 Å². The Hall–Kier alpha value is -1.04. The Bertz CT molecular complexity index is 465. The van der Waals surface area contributed by atoms with E-state index in [1.165, 1.54) is 12.1 Å². The highest BCUT2D eigenvalue weighted by Crippen LogP contribution is 2.27. The summed E-state index contributed by atoms with van der Waals surface area (Å²) >= 11 is 6.04. The van der Waals surface area contributed by atoms with Gasteiger partial charge in [-0.3, -0.25) is 4.79 Å². The van der Waals surface area contributed by atoms with Gasteiger partial charge >= 0.3 is 0 Å². The number of carbonyl (C=O) groups is 1. The van der Waals surface area contributed by atoms with Gasteiger partial charge in [-0.2, -0.15) is 0 Å². The number of rotatable bonds is 3. The van der Waals surface area contributed by atoms with Gasteiger partial charge in [-0.15, -0.1) is 12.4 Å². The van der Waals surface area contributed by atoms with E-state index in [1.807, 2.05) is 4.90 Å². The number of likely N-dealkylation sites (N-methyl/N-ethyl adjacent to an activating group) is 1.